The topological polar surface area (TPSA) is 81.7 Å². The van der Waals surface area contributed by atoms with E-state index in [4.69, 9.17) is 14.2 Å². The van der Waals surface area contributed by atoms with E-state index in [0.29, 0.717) is 30.5 Å². The van der Waals surface area contributed by atoms with Crippen molar-refractivity contribution in [3.05, 3.63) is 48.2 Å². The summed E-state index contributed by atoms with van der Waals surface area (Å²) in [6.45, 7) is 2.82. The first-order valence-electron chi connectivity index (χ1n) is 7.92. The van der Waals surface area contributed by atoms with Crippen molar-refractivity contribution in [2.75, 3.05) is 32.8 Å². The molecule has 2 N–H and O–H groups in total. The second-order valence-electron chi connectivity index (χ2n) is 5.29. The highest BCUT2D eigenvalue weighted by Crippen LogP contribution is 2.30. The maximum absolute atomic E-state index is 12.1. The van der Waals surface area contributed by atoms with E-state index in [-0.39, 0.29) is 12.1 Å². The highest BCUT2D eigenvalue weighted by Gasteiger charge is 2.13. The second-order valence-corrected chi connectivity index (χ2v) is 5.29. The van der Waals surface area contributed by atoms with E-state index >= 15 is 0 Å². The molecule has 0 aliphatic carbocycles. The summed E-state index contributed by atoms with van der Waals surface area (Å²) in [7, 11) is 3.20. The van der Waals surface area contributed by atoms with E-state index in [1.165, 1.54) is 0 Å². The molecule has 1 atom stereocenters. The van der Waals surface area contributed by atoms with Gasteiger partial charge in [-0.05, 0) is 36.8 Å². The van der Waals surface area contributed by atoms with Gasteiger partial charge in [0.1, 0.15) is 12.4 Å². The van der Waals surface area contributed by atoms with Crippen molar-refractivity contribution >= 4 is 11.8 Å². The standard InChI is InChI=1S/C18H23N3O4/c1-13(20-18(22)21-17-6-4-5-9-19-17)14-7-8-15(16(12-14)24-3)25-11-10-23-2/h4-9,12-13H,10-11H2,1-3H3,(H2,19,20,21,22)/t13-/m1/s1. The van der Waals surface area contributed by atoms with Crippen molar-refractivity contribution in [3.63, 3.8) is 0 Å². The molecule has 2 aromatic rings. The van der Waals surface area contributed by atoms with Crippen LogP contribution in [0.4, 0.5) is 10.6 Å². The van der Waals surface area contributed by atoms with Gasteiger partial charge in [-0.15, -0.1) is 0 Å². The number of nitrogens with zero attached hydrogens (tertiary/aromatic N) is 1. The quantitative estimate of drug-likeness (QED) is 0.719. The number of anilines is 1. The van der Waals surface area contributed by atoms with E-state index in [1.54, 1.807) is 38.6 Å². The third-order valence-electron chi connectivity index (χ3n) is 3.49. The lowest BCUT2D eigenvalue weighted by Gasteiger charge is -2.17. The van der Waals surface area contributed by atoms with E-state index < -0.39 is 0 Å². The Balaban J connectivity index is 1.98. The summed E-state index contributed by atoms with van der Waals surface area (Å²) in [6.07, 6.45) is 1.62. The van der Waals surface area contributed by atoms with Gasteiger partial charge < -0.3 is 19.5 Å². The summed E-state index contributed by atoms with van der Waals surface area (Å²) in [5.74, 6) is 1.73. The maximum atomic E-state index is 12.1. The molecule has 1 aromatic heterocycles. The first-order valence-corrected chi connectivity index (χ1v) is 7.92. The smallest absolute Gasteiger partial charge is 0.320 e. The SMILES string of the molecule is COCCOc1ccc([C@@H](C)NC(=O)Nc2ccccn2)cc1OC. The van der Waals surface area contributed by atoms with Gasteiger partial charge in [-0.2, -0.15) is 0 Å². The minimum Gasteiger partial charge on any atom is -0.493 e. The first kappa shape index (κ1) is 18.5. The average molecular weight is 345 g/mol. The number of urea groups is 1. The number of methoxy groups -OCH3 is 2. The summed E-state index contributed by atoms with van der Waals surface area (Å²) in [5.41, 5.74) is 0.895. The number of carbonyl (C=O) groups excluding carboxylic acids is 1. The van der Waals surface area contributed by atoms with Crippen LogP contribution in [0, 0.1) is 0 Å². The lowest BCUT2D eigenvalue weighted by atomic mass is 10.1. The number of benzene rings is 1. The third-order valence-corrected chi connectivity index (χ3v) is 3.49. The molecular formula is C18H23N3O4. The maximum Gasteiger partial charge on any atom is 0.320 e. The number of aromatic nitrogens is 1. The van der Waals surface area contributed by atoms with Gasteiger partial charge in [-0.1, -0.05) is 12.1 Å². The molecule has 134 valence electrons. The van der Waals surface area contributed by atoms with Crippen LogP contribution in [-0.4, -0.2) is 38.4 Å². The molecule has 25 heavy (non-hydrogen) atoms. The van der Waals surface area contributed by atoms with Crippen LogP contribution in [0.15, 0.2) is 42.6 Å². The molecule has 0 fully saturated rings. The van der Waals surface area contributed by atoms with Crippen LogP contribution in [0.1, 0.15) is 18.5 Å². The monoisotopic (exact) mass is 345 g/mol. The molecule has 1 aromatic carbocycles. The highest BCUT2D eigenvalue weighted by atomic mass is 16.5. The fraction of sp³-hybridized carbons (Fsp3) is 0.333. The van der Waals surface area contributed by atoms with Crippen LogP contribution in [-0.2, 0) is 4.74 Å². The zero-order chi connectivity index (χ0) is 18.1. The summed E-state index contributed by atoms with van der Waals surface area (Å²) in [5, 5.41) is 5.55. The molecule has 0 spiro atoms. The van der Waals surface area contributed by atoms with Crippen molar-refractivity contribution in [2.24, 2.45) is 0 Å². The molecule has 0 saturated heterocycles. The normalized spacial score (nSPS) is 11.5. The van der Waals surface area contributed by atoms with E-state index in [2.05, 4.69) is 15.6 Å². The Morgan fingerprint density at radius 3 is 2.68 bits per heavy atom. The van der Waals surface area contributed by atoms with E-state index in [0.717, 1.165) is 5.56 Å². The zero-order valence-corrected chi connectivity index (χ0v) is 14.6. The van der Waals surface area contributed by atoms with Gasteiger partial charge in [0.05, 0.1) is 19.8 Å². The number of hydrogen-bond donors (Lipinski definition) is 2. The lowest BCUT2D eigenvalue weighted by Crippen LogP contribution is -2.31. The largest absolute Gasteiger partial charge is 0.493 e. The Hall–Kier alpha value is -2.80. The molecular weight excluding hydrogens is 322 g/mol. The van der Waals surface area contributed by atoms with E-state index in [1.807, 2.05) is 25.1 Å². The number of hydrogen-bond acceptors (Lipinski definition) is 5. The molecule has 0 unspecified atom stereocenters. The van der Waals surface area contributed by atoms with Crippen LogP contribution in [0.25, 0.3) is 0 Å². The molecule has 7 nitrogen and oxygen atoms in total. The first-order chi connectivity index (χ1) is 12.1. The van der Waals surface area contributed by atoms with E-state index in [9.17, 15) is 4.79 Å². The van der Waals surface area contributed by atoms with Crippen molar-refractivity contribution in [1.82, 2.24) is 10.3 Å². The Bertz CT molecular complexity index is 679. The summed E-state index contributed by atoms with van der Waals surface area (Å²) >= 11 is 0. The van der Waals surface area contributed by atoms with Crippen LogP contribution >= 0.6 is 0 Å². The third kappa shape index (κ3) is 5.65. The molecule has 2 rings (SSSR count). The summed E-state index contributed by atoms with van der Waals surface area (Å²) < 4.78 is 15.9. The molecule has 0 radical (unpaired) electrons. The van der Waals surface area contributed by atoms with Gasteiger partial charge in [-0.25, -0.2) is 9.78 Å². The minimum atomic E-state index is -0.328. The Kier molecular flexibility index (Phi) is 7.03. The number of nitrogens with one attached hydrogen (secondary N) is 2. The summed E-state index contributed by atoms with van der Waals surface area (Å²) in [4.78, 5) is 16.1. The Labute approximate surface area is 147 Å². The minimum absolute atomic E-state index is 0.217. The fourth-order valence-corrected chi connectivity index (χ4v) is 2.18. The van der Waals surface area contributed by atoms with Crippen LogP contribution < -0.4 is 20.1 Å². The van der Waals surface area contributed by atoms with Crippen molar-refractivity contribution < 1.29 is 19.0 Å². The Morgan fingerprint density at radius 1 is 1.16 bits per heavy atom. The number of carbonyl (C=O) groups is 1. The van der Waals surface area contributed by atoms with Gasteiger partial charge in [0.25, 0.3) is 0 Å². The molecule has 0 bridgehead atoms. The average Bonchev–Trinajstić information content (AvgIpc) is 2.62. The molecule has 2 amide bonds. The van der Waals surface area contributed by atoms with Crippen LogP contribution in [0.2, 0.25) is 0 Å². The van der Waals surface area contributed by atoms with Crippen molar-refractivity contribution in [1.29, 1.82) is 0 Å². The molecule has 7 heteroatoms. The van der Waals surface area contributed by atoms with Crippen LogP contribution in [0.5, 0.6) is 11.5 Å². The second kappa shape index (κ2) is 9.48. The zero-order valence-electron chi connectivity index (χ0n) is 14.6. The number of amides is 2. The lowest BCUT2D eigenvalue weighted by molar-refractivity contribution is 0.144. The highest BCUT2D eigenvalue weighted by molar-refractivity contribution is 5.88. The Morgan fingerprint density at radius 2 is 2.00 bits per heavy atom. The summed E-state index contributed by atoms with van der Waals surface area (Å²) in [6, 6.07) is 10.3. The molecule has 0 aliphatic heterocycles. The molecule has 0 saturated carbocycles. The number of ether oxygens (including phenoxy) is 3. The predicted octanol–water partition coefficient (Wildman–Crippen LogP) is 3.00. The molecule has 0 aliphatic rings. The van der Waals surface area contributed by atoms with Gasteiger partial charge in [-0.3, -0.25) is 5.32 Å². The number of pyridine rings is 1. The predicted molar refractivity (Wildman–Crippen MR) is 95.2 cm³/mol. The van der Waals surface area contributed by atoms with Crippen molar-refractivity contribution in [2.45, 2.75) is 13.0 Å². The van der Waals surface area contributed by atoms with Gasteiger partial charge in [0, 0.05) is 13.3 Å². The molecule has 1 heterocycles. The van der Waals surface area contributed by atoms with Gasteiger partial charge in [0.15, 0.2) is 11.5 Å². The van der Waals surface area contributed by atoms with Gasteiger partial charge >= 0.3 is 6.03 Å². The fourth-order valence-electron chi connectivity index (χ4n) is 2.18. The number of rotatable bonds is 8. The van der Waals surface area contributed by atoms with Crippen LogP contribution in [0.3, 0.4) is 0 Å². The van der Waals surface area contributed by atoms with Crippen molar-refractivity contribution in [3.8, 4) is 11.5 Å². The van der Waals surface area contributed by atoms with Gasteiger partial charge in [0.2, 0.25) is 0 Å².